The van der Waals surface area contributed by atoms with Crippen LogP contribution < -0.4 is 0 Å². The molecule has 0 spiro atoms. The molecule has 1 aromatic rings. The Bertz CT molecular complexity index is 474. The lowest BCUT2D eigenvalue weighted by Gasteiger charge is -2.45. The van der Waals surface area contributed by atoms with E-state index in [1.54, 1.807) is 0 Å². The van der Waals surface area contributed by atoms with E-state index in [9.17, 15) is 9.90 Å². The van der Waals surface area contributed by atoms with Crippen LogP contribution in [0.1, 0.15) is 37.3 Å². The highest BCUT2D eigenvalue weighted by molar-refractivity contribution is 5.78. The molecule has 3 nitrogen and oxygen atoms in total. The average Bonchev–Trinajstić information content (AvgIpc) is 2.82. The van der Waals surface area contributed by atoms with Gasteiger partial charge >= 0.3 is 5.97 Å². The van der Waals surface area contributed by atoms with Gasteiger partial charge in [0.05, 0.1) is 0 Å². The fourth-order valence-electron chi connectivity index (χ4n) is 3.71. The van der Waals surface area contributed by atoms with E-state index in [1.165, 1.54) is 11.1 Å². The van der Waals surface area contributed by atoms with Crippen LogP contribution in [0.4, 0.5) is 0 Å². The Kier molecular flexibility index (Phi) is 3.09. The Morgan fingerprint density at radius 2 is 1.89 bits per heavy atom. The Balaban J connectivity index is 1.85. The first kappa shape index (κ1) is 12.7. The molecular weight excluding hydrogens is 238 g/mol. The highest BCUT2D eigenvalue weighted by Crippen LogP contribution is 2.35. The molecule has 1 aliphatic heterocycles. The topological polar surface area (TPSA) is 40.5 Å². The highest BCUT2D eigenvalue weighted by Gasteiger charge is 2.45. The summed E-state index contributed by atoms with van der Waals surface area (Å²) in [5.41, 5.74) is 2.11. The molecule has 1 heterocycles. The highest BCUT2D eigenvalue weighted by atomic mass is 16.4. The first-order valence-corrected chi connectivity index (χ1v) is 7.18. The summed E-state index contributed by atoms with van der Waals surface area (Å²) in [5.74, 6) is -0.664. The molecule has 3 rings (SSSR count). The summed E-state index contributed by atoms with van der Waals surface area (Å²) in [7, 11) is 0. The first-order chi connectivity index (χ1) is 9.11. The van der Waals surface area contributed by atoms with E-state index in [0.29, 0.717) is 6.04 Å². The molecule has 2 aliphatic rings. The fourth-order valence-corrected chi connectivity index (χ4v) is 3.71. The third kappa shape index (κ3) is 2.06. The molecule has 3 heteroatoms. The molecule has 1 aromatic carbocycles. The second-order valence-corrected chi connectivity index (χ2v) is 6.06. The van der Waals surface area contributed by atoms with Crippen LogP contribution in [0.15, 0.2) is 24.3 Å². The molecule has 1 N–H and O–H groups in total. The summed E-state index contributed by atoms with van der Waals surface area (Å²) < 4.78 is 0. The van der Waals surface area contributed by atoms with E-state index in [1.807, 2.05) is 6.92 Å². The Labute approximate surface area is 114 Å². The third-order valence-corrected chi connectivity index (χ3v) is 4.88. The van der Waals surface area contributed by atoms with Gasteiger partial charge in [0.2, 0.25) is 0 Å². The van der Waals surface area contributed by atoms with E-state index in [2.05, 4.69) is 29.2 Å². The molecule has 0 aromatic heterocycles. The van der Waals surface area contributed by atoms with Crippen LogP contribution in [0.5, 0.6) is 0 Å². The zero-order valence-electron chi connectivity index (χ0n) is 11.4. The van der Waals surface area contributed by atoms with Crippen molar-refractivity contribution in [1.29, 1.82) is 0 Å². The number of hydrogen-bond acceptors (Lipinski definition) is 2. The van der Waals surface area contributed by atoms with Crippen molar-refractivity contribution in [2.75, 3.05) is 6.54 Å². The van der Waals surface area contributed by atoms with Gasteiger partial charge in [0.25, 0.3) is 0 Å². The summed E-state index contributed by atoms with van der Waals surface area (Å²) in [6.07, 6.45) is 4.92. The molecule has 1 aliphatic carbocycles. The number of carbonyl (C=O) groups is 1. The van der Waals surface area contributed by atoms with Crippen molar-refractivity contribution < 1.29 is 9.90 Å². The molecule has 1 atom stereocenters. The summed E-state index contributed by atoms with van der Waals surface area (Å²) in [5, 5.41) is 9.60. The van der Waals surface area contributed by atoms with Gasteiger partial charge in [-0.3, -0.25) is 9.69 Å². The molecular formula is C16H21NO2. The van der Waals surface area contributed by atoms with E-state index in [0.717, 1.165) is 38.6 Å². The molecule has 1 fully saturated rings. The zero-order chi connectivity index (χ0) is 13.5. The van der Waals surface area contributed by atoms with Crippen molar-refractivity contribution in [3.63, 3.8) is 0 Å². The van der Waals surface area contributed by atoms with Crippen LogP contribution in [0.2, 0.25) is 0 Å². The molecule has 1 saturated heterocycles. The lowest BCUT2D eigenvalue weighted by molar-refractivity contribution is -0.155. The summed E-state index contributed by atoms with van der Waals surface area (Å²) in [6, 6.07) is 8.87. The van der Waals surface area contributed by atoms with Crippen LogP contribution in [0.3, 0.4) is 0 Å². The van der Waals surface area contributed by atoms with Gasteiger partial charge in [0, 0.05) is 6.04 Å². The van der Waals surface area contributed by atoms with Crippen LogP contribution >= 0.6 is 0 Å². The van der Waals surface area contributed by atoms with Gasteiger partial charge in [-0.15, -0.1) is 0 Å². The maximum Gasteiger partial charge on any atom is 0.323 e. The minimum absolute atomic E-state index is 0.360. The number of carboxylic acid groups (broad SMARTS) is 1. The van der Waals surface area contributed by atoms with Crippen LogP contribution in [-0.4, -0.2) is 34.1 Å². The maximum absolute atomic E-state index is 11.7. The van der Waals surface area contributed by atoms with Crippen molar-refractivity contribution >= 4 is 5.97 Å². The summed E-state index contributed by atoms with van der Waals surface area (Å²) >= 11 is 0. The number of fused-ring (bicyclic) bond motifs is 1. The van der Waals surface area contributed by atoms with Gasteiger partial charge in [0.15, 0.2) is 0 Å². The number of rotatable bonds is 2. The van der Waals surface area contributed by atoms with Crippen LogP contribution in [0, 0.1) is 0 Å². The third-order valence-electron chi connectivity index (χ3n) is 4.88. The molecule has 102 valence electrons. The largest absolute Gasteiger partial charge is 0.480 e. The smallest absolute Gasteiger partial charge is 0.323 e. The van der Waals surface area contributed by atoms with Crippen LogP contribution in [0.25, 0.3) is 0 Å². The van der Waals surface area contributed by atoms with Gasteiger partial charge in [-0.25, -0.2) is 0 Å². The Morgan fingerprint density at radius 1 is 1.26 bits per heavy atom. The van der Waals surface area contributed by atoms with Gasteiger partial charge in [-0.1, -0.05) is 24.3 Å². The number of piperidine rings is 1. The molecule has 0 amide bonds. The lowest BCUT2D eigenvalue weighted by atomic mass is 9.86. The summed E-state index contributed by atoms with van der Waals surface area (Å²) in [6.45, 7) is 2.82. The molecule has 0 saturated carbocycles. The average molecular weight is 259 g/mol. The summed E-state index contributed by atoms with van der Waals surface area (Å²) in [4.78, 5) is 13.9. The predicted octanol–water partition coefficient (Wildman–Crippen LogP) is 2.48. The van der Waals surface area contributed by atoms with Crippen molar-refractivity contribution in [2.45, 2.75) is 50.6 Å². The van der Waals surface area contributed by atoms with Crippen molar-refractivity contribution in [3.8, 4) is 0 Å². The zero-order valence-corrected chi connectivity index (χ0v) is 11.4. The number of hydrogen-bond donors (Lipinski definition) is 1. The van der Waals surface area contributed by atoms with E-state index < -0.39 is 11.5 Å². The SMILES string of the molecule is CC1(C(=O)O)CCCCN1C1Cc2ccccc2C1. The number of nitrogens with zero attached hydrogens (tertiary/aromatic N) is 1. The number of benzene rings is 1. The Morgan fingerprint density at radius 3 is 2.47 bits per heavy atom. The molecule has 0 radical (unpaired) electrons. The van der Waals surface area contributed by atoms with Gasteiger partial charge in [0.1, 0.15) is 5.54 Å². The molecule has 1 unspecified atom stereocenters. The molecule has 0 bridgehead atoms. The monoisotopic (exact) mass is 259 g/mol. The second-order valence-electron chi connectivity index (χ2n) is 6.06. The minimum atomic E-state index is -0.676. The fraction of sp³-hybridized carbons (Fsp3) is 0.562. The van der Waals surface area contributed by atoms with Gasteiger partial charge < -0.3 is 5.11 Å². The number of carboxylic acids is 1. The first-order valence-electron chi connectivity index (χ1n) is 7.18. The van der Waals surface area contributed by atoms with Crippen LogP contribution in [-0.2, 0) is 17.6 Å². The standard InChI is InChI=1S/C16H21NO2/c1-16(15(18)19)8-4-5-9-17(16)14-10-12-6-2-3-7-13(12)11-14/h2-3,6-7,14H,4-5,8-11H2,1H3,(H,18,19). The second kappa shape index (κ2) is 4.64. The van der Waals surface area contributed by atoms with Crippen molar-refractivity contribution in [2.24, 2.45) is 0 Å². The van der Waals surface area contributed by atoms with Crippen molar-refractivity contribution in [3.05, 3.63) is 35.4 Å². The normalized spacial score (nSPS) is 28.3. The van der Waals surface area contributed by atoms with Crippen molar-refractivity contribution in [1.82, 2.24) is 4.90 Å². The van der Waals surface area contributed by atoms with E-state index in [4.69, 9.17) is 0 Å². The van der Waals surface area contributed by atoms with E-state index in [-0.39, 0.29) is 0 Å². The number of aliphatic carboxylic acids is 1. The minimum Gasteiger partial charge on any atom is -0.480 e. The predicted molar refractivity (Wildman–Crippen MR) is 74.2 cm³/mol. The quantitative estimate of drug-likeness (QED) is 0.887. The molecule has 19 heavy (non-hydrogen) atoms. The lowest BCUT2D eigenvalue weighted by Crippen LogP contribution is -2.59. The Hall–Kier alpha value is -1.35. The number of likely N-dealkylation sites (tertiary alicyclic amines) is 1. The maximum atomic E-state index is 11.7. The van der Waals surface area contributed by atoms with Gasteiger partial charge in [-0.2, -0.15) is 0 Å². The van der Waals surface area contributed by atoms with Gasteiger partial charge in [-0.05, 0) is 56.7 Å². The van der Waals surface area contributed by atoms with E-state index >= 15 is 0 Å².